The van der Waals surface area contributed by atoms with Crippen molar-refractivity contribution in [1.82, 2.24) is 5.32 Å². The monoisotopic (exact) mass is 230 g/mol. The maximum Gasteiger partial charge on any atom is 0.220 e. The lowest BCUT2D eigenvalue weighted by molar-refractivity contribution is -0.121. The Morgan fingerprint density at radius 1 is 1.38 bits per heavy atom. The number of carbonyl (C=O) groups excluding carboxylic acids is 1. The van der Waals surface area contributed by atoms with Gasteiger partial charge in [0.2, 0.25) is 5.91 Å². The molecule has 0 aromatic heterocycles. The van der Waals surface area contributed by atoms with E-state index in [0.29, 0.717) is 19.4 Å². The van der Waals surface area contributed by atoms with E-state index in [0.717, 1.165) is 12.8 Å². The molecule has 0 aliphatic heterocycles. The van der Waals surface area contributed by atoms with Crippen LogP contribution in [-0.2, 0) is 4.79 Å². The van der Waals surface area contributed by atoms with Crippen LogP contribution >= 0.6 is 0 Å². The molecule has 0 heterocycles. The van der Waals surface area contributed by atoms with Gasteiger partial charge in [-0.25, -0.2) is 0 Å². The molecule has 1 amide bonds. The lowest BCUT2D eigenvalue weighted by Gasteiger charge is -2.20. The molecule has 0 saturated carbocycles. The second-order valence-electron chi connectivity index (χ2n) is 4.46. The molecule has 0 radical (unpaired) electrons. The van der Waals surface area contributed by atoms with Gasteiger partial charge >= 0.3 is 0 Å². The van der Waals surface area contributed by atoms with Crippen LogP contribution in [0, 0.1) is 5.92 Å². The summed E-state index contributed by atoms with van der Waals surface area (Å²) < 4.78 is 0. The topological polar surface area (TPSA) is 75.3 Å². The third kappa shape index (κ3) is 6.80. The number of hydrogen-bond donors (Lipinski definition) is 3. The van der Waals surface area contributed by atoms with Crippen LogP contribution in [0.4, 0.5) is 0 Å². The van der Waals surface area contributed by atoms with Crippen LogP contribution in [0.5, 0.6) is 0 Å². The van der Waals surface area contributed by atoms with Gasteiger partial charge in [0.25, 0.3) is 0 Å². The molecule has 4 heteroatoms. The minimum Gasteiger partial charge on any atom is -0.391 e. The molecular weight excluding hydrogens is 204 g/mol. The molecule has 2 unspecified atom stereocenters. The number of hydrogen-bond acceptors (Lipinski definition) is 3. The molecule has 0 fully saturated rings. The Labute approximate surface area is 98.6 Å². The van der Waals surface area contributed by atoms with E-state index in [1.165, 1.54) is 0 Å². The predicted molar refractivity (Wildman–Crippen MR) is 66.0 cm³/mol. The van der Waals surface area contributed by atoms with Crippen LogP contribution in [0.3, 0.4) is 0 Å². The molecule has 4 nitrogen and oxygen atoms in total. The first-order valence-corrected chi connectivity index (χ1v) is 6.21. The quantitative estimate of drug-likeness (QED) is 0.583. The number of aliphatic hydroxyl groups excluding tert-OH is 1. The van der Waals surface area contributed by atoms with E-state index >= 15 is 0 Å². The molecule has 96 valence electrons. The van der Waals surface area contributed by atoms with Crippen molar-refractivity contribution >= 4 is 5.91 Å². The van der Waals surface area contributed by atoms with Crippen molar-refractivity contribution in [3.05, 3.63) is 0 Å². The maximum atomic E-state index is 11.4. The standard InChI is InChI=1S/C12H26N2O2/c1-4-10(5-2)11(15)8-14-12(16)7-6-9(3)13/h9-11,15H,4-8,13H2,1-3H3,(H,14,16). The number of nitrogens with two attached hydrogens (primary N) is 1. The molecule has 0 aromatic carbocycles. The number of rotatable bonds is 8. The molecule has 0 aromatic rings. The minimum atomic E-state index is -0.436. The highest BCUT2D eigenvalue weighted by Gasteiger charge is 2.16. The van der Waals surface area contributed by atoms with E-state index < -0.39 is 6.10 Å². The van der Waals surface area contributed by atoms with Gasteiger partial charge in [0.15, 0.2) is 0 Å². The summed E-state index contributed by atoms with van der Waals surface area (Å²) in [5.74, 6) is 0.246. The van der Waals surface area contributed by atoms with Crippen LogP contribution in [0.2, 0.25) is 0 Å². The third-order valence-corrected chi connectivity index (χ3v) is 2.93. The van der Waals surface area contributed by atoms with Gasteiger partial charge in [-0.1, -0.05) is 26.7 Å². The summed E-state index contributed by atoms with van der Waals surface area (Å²) in [5, 5.41) is 12.5. The molecule has 4 N–H and O–H groups in total. The molecule has 0 bridgehead atoms. The van der Waals surface area contributed by atoms with E-state index in [9.17, 15) is 9.90 Å². The zero-order valence-corrected chi connectivity index (χ0v) is 10.7. The van der Waals surface area contributed by atoms with Crippen LogP contribution < -0.4 is 11.1 Å². The Kier molecular flexibility index (Phi) is 8.21. The largest absolute Gasteiger partial charge is 0.391 e. The van der Waals surface area contributed by atoms with Crippen molar-refractivity contribution in [3.63, 3.8) is 0 Å². The van der Waals surface area contributed by atoms with E-state index in [4.69, 9.17) is 5.73 Å². The van der Waals surface area contributed by atoms with Crippen molar-refractivity contribution < 1.29 is 9.90 Å². The lowest BCUT2D eigenvalue weighted by Crippen LogP contribution is -2.36. The first kappa shape index (κ1) is 15.4. The zero-order chi connectivity index (χ0) is 12.6. The van der Waals surface area contributed by atoms with Crippen molar-refractivity contribution in [2.24, 2.45) is 11.7 Å². The lowest BCUT2D eigenvalue weighted by atomic mass is 9.96. The number of amides is 1. The molecule has 0 saturated heterocycles. The summed E-state index contributed by atoms with van der Waals surface area (Å²) in [6.45, 7) is 6.33. The van der Waals surface area contributed by atoms with Gasteiger partial charge in [-0.2, -0.15) is 0 Å². The Hall–Kier alpha value is -0.610. The second-order valence-corrected chi connectivity index (χ2v) is 4.46. The van der Waals surface area contributed by atoms with E-state index in [1.54, 1.807) is 0 Å². The Bertz CT molecular complexity index is 191. The van der Waals surface area contributed by atoms with Gasteiger partial charge in [0.05, 0.1) is 6.10 Å². The Morgan fingerprint density at radius 2 is 1.94 bits per heavy atom. The molecular formula is C12H26N2O2. The highest BCUT2D eigenvalue weighted by Crippen LogP contribution is 2.12. The predicted octanol–water partition coefficient (Wildman–Crippen LogP) is 1.03. The van der Waals surface area contributed by atoms with Gasteiger partial charge < -0.3 is 16.2 Å². The smallest absolute Gasteiger partial charge is 0.220 e. The fourth-order valence-corrected chi connectivity index (χ4v) is 1.67. The summed E-state index contributed by atoms with van der Waals surface area (Å²) >= 11 is 0. The van der Waals surface area contributed by atoms with Crippen molar-refractivity contribution in [1.29, 1.82) is 0 Å². The molecule has 2 atom stereocenters. The van der Waals surface area contributed by atoms with Gasteiger partial charge in [0, 0.05) is 19.0 Å². The summed E-state index contributed by atoms with van der Waals surface area (Å²) in [5.41, 5.74) is 5.56. The third-order valence-electron chi connectivity index (χ3n) is 2.93. The first-order valence-electron chi connectivity index (χ1n) is 6.21. The first-order chi connectivity index (χ1) is 7.51. The average molecular weight is 230 g/mol. The fourth-order valence-electron chi connectivity index (χ4n) is 1.67. The summed E-state index contributed by atoms with van der Waals surface area (Å²) in [4.78, 5) is 11.4. The van der Waals surface area contributed by atoms with E-state index in [2.05, 4.69) is 19.2 Å². The average Bonchev–Trinajstić information content (AvgIpc) is 2.25. The second kappa shape index (κ2) is 8.53. The number of aliphatic hydroxyl groups is 1. The van der Waals surface area contributed by atoms with Crippen LogP contribution in [0.1, 0.15) is 46.5 Å². The van der Waals surface area contributed by atoms with Crippen molar-refractivity contribution in [2.75, 3.05) is 6.54 Å². The van der Waals surface area contributed by atoms with Crippen molar-refractivity contribution in [3.8, 4) is 0 Å². The zero-order valence-electron chi connectivity index (χ0n) is 10.7. The Balaban J connectivity index is 3.73. The fraction of sp³-hybridized carbons (Fsp3) is 0.917. The van der Waals surface area contributed by atoms with E-state index in [1.807, 2.05) is 6.92 Å². The molecule has 0 rings (SSSR count). The summed E-state index contributed by atoms with van der Waals surface area (Å²) in [7, 11) is 0. The van der Waals surface area contributed by atoms with Crippen LogP contribution in [0.15, 0.2) is 0 Å². The van der Waals surface area contributed by atoms with Gasteiger partial charge in [-0.3, -0.25) is 4.79 Å². The minimum absolute atomic E-state index is 0.0256. The maximum absolute atomic E-state index is 11.4. The van der Waals surface area contributed by atoms with Gasteiger partial charge in [-0.05, 0) is 19.3 Å². The molecule has 0 aliphatic carbocycles. The van der Waals surface area contributed by atoms with Crippen molar-refractivity contribution in [2.45, 2.75) is 58.6 Å². The van der Waals surface area contributed by atoms with Crippen LogP contribution in [-0.4, -0.2) is 29.7 Å². The highest BCUT2D eigenvalue weighted by atomic mass is 16.3. The normalized spacial score (nSPS) is 14.9. The van der Waals surface area contributed by atoms with Crippen LogP contribution in [0.25, 0.3) is 0 Å². The highest BCUT2D eigenvalue weighted by molar-refractivity contribution is 5.75. The number of carbonyl (C=O) groups is 1. The molecule has 0 aliphatic rings. The van der Waals surface area contributed by atoms with Gasteiger partial charge in [0.1, 0.15) is 0 Å². The summed E-state index contributed by atoms with van der Waals surface area (Å²) in [6, 6.07) is 0.0507. The molecule has 0 spiro atoms. The van der Waals surface area contributed by atoms with E-state index in [-0.39, 0.29) is 17.9 Å². The number of nitrogens with one attached hydrogen (secondary N) is 1. The Morgan fingerprint density at radius 3 is 2.38 bits per heavy atom. The summed E-state index contributed by atoms with van der Waals surface area (Å²) in [6.07, 6.45) is 2.57. The molecule has 16 heavy (non-hydrogen) atoms. The SMILES string of the molecule is CCC(CC)C(O)CNC(=O)CCC(C)N. The van der Waals surface area contributed by atoms with Gasteiger partial charge in [-0.15, -0.1) is 0 Å².